The zero-order valence-electron chi connectivity index (χ0n) is 13.0. The number of halogens is 3. The Morgan fingerprint density at radius 1 is 1.35 bits per heavy atom. The lowest BCUT2D eigenvalue weighted by Gasteiger charge is -2.19. The summed E-state index contributed by atoms with van der Waals surface area (Å²) in [5.74, 6) is -2.38. The first-order valence-electron chi connectivity index (χ1n) is 7.33. The summed E-state index contributed by atoms with van der Waals surface area (Å²) in [4.78, 5) is 24.3. The fourth-order valence-electron chi connectivity index (χ4n) is 2.50. The van der Waals surface area contributed by atoms with E-state index in [1.165, 1.54) is 0 Å². The highest BCUT2D eigenvalue weighted by Gasteiger charge is 2.40. The lowest BCUT2D eigenvalue weighted by Crippen LogP contribution is -2.30. The van der Waals surface area contributed by atoms with Crippen LogP contribution in [0.3, 0.4) is 0 Å². The third kappa shape index (κ3) is 4.04. The number of rotatable bonds is 3. The number of amides is 1. The Hall–Kier alpha value is -1.57. The van der Waals surface area contributed by atoms with Gasteiger partial charge in [-0.2, -0.15) is 13.2 Å². The minimum Gasteiger partial charge on any atom is -0.459 e. The number of nitrogens with one attached hydrogen (secondary N) is 1. The van der Waals surface area contributed by atoms with Gasteiger partial charge in [-0.15, -0.1) is 11.3 Å². The number of hydrogen-bond acceptors (Lipinski definition) is 4. The minimum atomic E-state index is -5.00. The second-order valence-corrected chi connectivity index (χ2v) is 7.07. The van der Waals surface area contributed by atoms with Crippen molar-refractivity contribution in [2.75, 3.05) is 5.32 Å². The number of alkyl halides is 3. The molecule has 0 saturated heterocycles. The molecule has 1 aromatic heterocycles. The topological polar surface area (TPSA) is 55.4 Å². The van der Waals surface area contributed by atoms with Gasteiger partial charge in [-0.3, -0.25) is 4.79 Å². The maximum Gasteiger partial charge on any atom is 0.471 e. The maximum absolute atomic E-state index is 12.5. The highest BCUT2D eigenvalue weighted by molar-refractivity contribution is 7.17. The standard InChI is InChI=1S/C15H18F3NO3S/c1-7(2)22-13(20)11-9-5-4-8(3)6-10(9)23-12(11)19-14(21)15(16,17)18/h7-8H,4-6H2,1-3H3,(H,19,21)/t8-/m1/s1. The maximum atomic E-state index is 12.5. The molecule has 128 valence electrons. The van der Waals surface area contributed by atoms with Crippen LogP contribution in [0.25, 0.3) is 0 Å². The van der Waals surface area contributed by atoms with Gasteiger partial charge in [0.25, 0.3) is 0 Å². The predicted octanol–water partition coefficient (Wildman–Crippen LogP) is 3.94. The van der Waals surface area contributed by atoms with Crippen LogP contribution in [0.1, 0.15) is 48.0 Å². The van der Waals surface area contributed by atoms with Crippen LogP contribution in [0, 0.1) is 5.92 Å². The van der Waals surface area contributed by atoms with E-state index in [0.717, 1.165) is 22.6 Å². The van der Waals surface area contributed by atoms with Gasteiger partial charge in [0.05, 0.1) is 11.7 Å². The number of ether oxygens (including phenoxy) is 1. The molecule has 1 N–H and O–H groups in total. The first-order chi connectivity index (χ1) is 10.6. The second kappa shape index (κ2) is 6.51. The molecule has 1 heterocycles. The van der Waals surface area contributed by atoms with Crippen molar-refractivity contribution in [3.05, 3.63) is 16.0 Å². The first kappa shape index (κ1) is 17.8. The van der Waals surface area contributed by atoms with E-state index >= 15 is 0 Å². The van der Waals surface area contributed by atoms with Crippen LogP contribution >= 0.6 is 11.3 Å². The van der Waals surface area contributed by atoms with E-state index in [4.69, 9.17) is 4.74 Å². The molecule has 4 nitrogen and oxygen atoms in total. The second-order valence-electron chi connectivity index (χ2n) is 5.96. The van der Waals surface area contributed by atoms with E-state index in [9.17, 15) is 22.8 Å². The minimum absolute atomic E-state index is 0.0722. The molecular formula is C15H18F3NO3S. The summed E-state index contributed by atoms with van der Waals surface area (Å²) >= 11 is 1.03. The van der Waals surface area contributed by atoms with Gasteiger partial charge < -0.3 is 10.1 Å². The molecule has 1 aliphatic rings. The zero-order chi connectivity index (χ0) is 17.4. The van der Waals surface area contributed by atoms with Crippen LogP contribution in [0.5, 0.6) is 0 Å². The van der Waals surface area contributed by atoms with Crippen LogP contribution in [-0.2, 0) is 22.4 Å². The van der Waals surface area contributed by atoms with Gasteiger partial charge in [-0.1, -0.05) is 6.92 Å². The largest absolute Gasteiger partial charge is 0.471 e. The van der Waals surface area contributed by atoms with E-state index < -0.39 is 24.2 Å². The van der Waals surface area contributed by atoms with E-state index in [1.54, 1.807) is 13.8 Å². The average Bonchev–Trinajstić information content (AvgIpc) is 2.73. The zero-order valence-corrected chi connectivity index (χ0v) is 13.9. The molecule has 0 fully saturated rings. The Morgan fingerprint density at radius 2 is 2.00 bits per heavy atom. The van der Waals surface area contributed by atoms with Gasteiger partial charge >= 0.3 is 18.1 Å². The van der Waals surface area contributed by atoms with Gasteiger partial charge in [0.15, 0.2) is 0 Å². The van der Waals surface area contributed by atoms with Gasteiger partial charge in [-0.05, 0) is 44.6 Å². The van der Waals surface area contributed by atoms with Gasteiger partial charge in [0.2, 0.25) is 0 Å². The summed E-state index contributed by atoms with van der Waals surface area (Å²) in [7, 11) is 0. The normalized spacial score (nSPS) is 17.8. The fraction of sp³-hybridized carbons (Fsp3) is 0.600. The molecule has 23 heavy (non-hydrogen) atoms. The van der Waals surface area contributed by atoms with Crippen LogP contribution in [0.4, 0.5) is 18.2 Å². The molecule has 1 atom stereocenters. The molecule has 0 unspecified atom stereocenters. The highest BCUT2D eigenvalue weighted by Crippen LogP contribution is 2.40. The molecule has 0 radical (unpaired) electrons. The molecular weight excluding hydrogens is 331 g/mol. The number of carbonyl (C=O) groups is 2. The lowest BCUT2D eigenvalue weighted by molar-refractivity contribution is -0.167. The molecule has 0 saturated carbocycles. The van der Waals surface area contributed by atoms with Crippen LogP contribution in [0.2, 0.25) is 0 Å². The molecule has 0 bridgehead atoms. The quantitative estimate of drug-likeness (QED) is 0.841. The molecule has 8 heteroatoms. The van der Waals surface area contributed by atoms with Crippen LogP contribution in [-0.4, -0.2) is 24.2 Å². The van der Waals surface area contributed by atoms with Gasteiger partial charge in [0.1, 0.15) is 5.00 Å². The third-order valence-corrected chi connectivity index (χ3v) is 4.71. The Bertz CT molecular complexity index is 622. The van der Waals surface area contributed by atoms with E-state index in [-0.39, 0.29) is 10.6 Å². The van der Waals surface area contributed by atoms with Crippen molar-refractivity contribution in [3.63, 3.8) is 0 Å². The molecule has 0 aliphatic heterocycles. The Kier molecular flexibility index (Phi) is 5.03. The Labute approximate surface area is 136 Å². The monoisotopic (exact) mass is 349 g/mol. The summed E-state index contributed by atoms with van der Waals surface area (Å²) < 4.78 is 42.6. The number of carbonyl (C=O) groups excluding carboxylic acids is 2. The van der Waals surface area contributed by atoms with Crippen molar-refractivity contribution in [1.29, 1.82) is 0 Å². The lowest BCUT2D eigenvalue weighted by atomic mass is 9.88. The van der Waals surface area contributed by atoms with Crippen molar-refractivity contribution in [1.82, 2.24) is 0 Å². The molecule has 1 aliphatic carbocycles. The molecule has 1 aromatic rings. The van der Waals surface area contributed by atoms with E-state index in [1.807, 2.05) is 12.2 Å². The predicted molar refractivity (Wildman–Crippen MR) is 80.7 cm³/mol. The van der Waals surface area contributed by atoms with Crippen molar-refractivity contribution < 1.29 is 27.5 Å². The smallest absolute Gasteiger partial charge is 0.459 e. The van der Waals surface area contributed by atoms with Crippen LogP contribution < -0.4 is 5.32 Å². The fourth-order valence-corrected chi connectivity index (χ4v) is 3.90. The first-order valence-corrected chi connectivity index (χ1v) is 8.15. The van der Waals surface area contributed by atoms with Crippen molar-refractivity contribution >= 4 is 28.2 Å². The number of fused-ring (bicyclic) bond motifs is 1. The van der Waals surface area contributed by atoms with Crippen molar-refractivity contribution in [3.8, 4) is 0 Å². The summed E-state index contributed by atoms with van der Waals surface area (Å²) in [6, 6.07) is 0. The Balaban J connectivity index is 2.40. The van der Waals surface area contributed by atoms with E-state index in [2.05, 4.69) is 0 Å². The van der Waals surface area contributed by atoms with E-state index in [0.29, 0.717) is 24.3 Å². The molecule has 2 rings (SSSR count). The summed E-state index contributed by atoms with van der Waals surface area (Å²) in [5.41, 5.74) is 0.777. The summed E-state index contributed by atoms with van der Waals surface area (Å²) in [6.07, 6.45) is -3.27. The number of thiophene rings is 1. The summed E-state index contributed by atoms with van der Waals surface area (Å²) in [6.45, 7) is 5.36. The van der Waals surface area contributed by atoms with Crippen LogP contribution in [0.15, 0.2) is 0 Å². The Morgan fingerprint density at radius 3 is 2.57 bits per heavy atom. The van der Waals surface area contributed by atoms with Gasteiger partial charge in [0, 0.05) is 4.88 Å². The number of hydrogen-bond donors (Lipinski definition) is 1. The third-order valence-electron chi connectivity index (χ3n) is 3.54. The number of anilines is 1. The highest BCUT2D eigenvalue weighted by atomic mass is 32.1. The number of esters is 1. The molecule has 0 spiro atoms. The van der Waals surface area contributed by atoms with Crippen molar-refractivity contribution in [2.45, 2.75) is 52.3 Å². The SMILES string of the molecule is CC(C)OC(=O)c1c(NC(=O)C(F)(F)F)sc2c1CC[C@@H](C)C2. The average molecular weight is 349 g/mol. The van der Waals surface area contributed by atoms with Gasteiger partial charge in [-0.25, -0.2) is 4.79 Å². The molecule has 0 aromatic carbocycles. The molecule has 1 amide bonds. The van der Waals surface area contributed by atoms with Crippen molar-refractivity contribution in [2.24, 2.45) is 5.92 Å². The summed E-state index contributed by atoms with van der Waals surface area (Å²) in [5, 5.41) is 1.76.